The molecule has 1 unspecified atom stereocenters. The van der Waals surface area contributed by atoms with Crippen molar-refractivity contribution in [2.24, 2.45) is 0 Å². The number of hydrogen-bond donors (Lipinski definition) is 1. The molecule has 0 radical (unpaired) electrons. The second-order valence-corrected chi connectivity index (χ2v) is 7.53. The summed E-state index contributed by atoms with van der Waals surface area (Å²) < 4.78 is 26.4. The lowest BCUT2D eigenvalue weighted by Crippen LogP contribution is -2.44. The van der Waals surface area contributed by atoms with Crippen LogP contribution in [-0.4, -0.2) is 41.8 Å². The molecular formula is C10H14ClN3O2S2. The van der Waals surface area contributed by atoms with Crippen molar-refractivity contribution in [3.05, 3.63) is 17.3 Å². The number of sulfonamides is 1. The molecule has 8 heteroatoms. The Balaban J connectivity index is 2.37. The van der Waals surface area contributed by atoms with E-state index in [1.54, 1.807) is 11.8 Å². The van der Waals surface area contributed by atoms with E-state index in [9.17, 15) is 8.42 Å². The molecule has 0 bridgehead atoms. The Hall–Kier alpha value is -0.500. The standard InChI is InChI=1S/C10H14ClN3O2S2/c1-7-6-17-3-2-14(7)18(15,16)8-4-9(11)10(12)13-5-8/h4-5,7H,2-3,6H2,1H3,(H2,12,13). The summed E-state index contributed by atoms with van der Waals surface area (Å²) in [5.74, 6) is 1.74. The molecule has 1 saturated heterocycles. The molecule has 5 nitrogen and oxygen atoms in total. The molecule has 1 atom stereocenters. The van der Waals surface area contributed by atoms with Gasteiger partial charge in [0.2, 0.25) is 10.0 Å². The van der Waals surface area contributed by atoms with Crippen LogP contribution in [0.15, 0.2) is 17.2 Å². The van der Waals surface area contributed by atoms with Crippen LogP contribution >= 0.6 is 23.4 Å². The average Bonchev–Trinajstić information content (AvgIpc) is 2.33. The first-order chi connectivity index (χ1) is 8.43. The summed E-state index contributed by atoms with van der Waals surface area (Å²) in [7, 11) is -3.53. The third-order valence-electron chi connectivity index (χ3n) is 2.76. The lowest BCUT2D eigenvalue weighted by atomic mass is 10.4. The quantitative estimate of drug-likeness (QED) is 0.895. The van der Waals surface area contributed by atoms with E-state index in [0.29, 0.717) is 6.54 Å². The molecule has 0 spiro atoms. The molecule has 2 heterocycles. The Kier molecular flexibility index (Phi) is 4.05. The third kappa shape index (κ3) is 2.59. The van der Waals surface area contributed by atoms with Crippen LogP contribution < -0.4 is 5.73 Å². The van der Waals surface area contributed by atoms with Gasteiger partial charge in [0, 0.05) is 30.3 Å². The van der Waals surface area contributed by atoms with Crippen LogP contribution in [0, 0.1) is 0 Å². The summed E-state index contributed by atoms with van der Waals surface area (Å²) in [6.07, 6.45) is 1.25. The van der Waals surface area contributed by atoms with Crippen LogP contribution in [0.25, 0.3) is 0 Å². The maximum absolute atomic E-state index is 12.4. The maximum atomic E-state index is 12.4. The molecule has 2 N–H and O–H groups in total. The number of nitrogen functional groups attached to an aromatic ring is 1. The van der Waals surface area contributed by atoms with Gasteiger partial charge in [-0.15, -0.1) is 0 Å². The van der Waals surface area contributed by atoms with Crippen LogP contribution in [0.3, 0.4) is 0 Å². The number of rotatable bonds is 2. The molecule has 1 aliphatic rings. The molecule has 1 fully saturated rings. The Morgan fingerprint density at radius 3 is 2.94 bits per heavy atom. The minimum atomic E-state index is -3.53. The number of halogens is 1. The molecule has 0 saturated carbocycles. The van der Waals surface area contributed by atoms with Crippen molar-refractivity contribution in [2.45, 2.75) is 17.9 Å². The smallest absolute Gasteiger partial charge is 0.244 e. The minimum absolute atomic E-state index is 0.0231. The average molecular weight is 308 g/mol. The van der Waals surface area contributed by atoms with Gasteiger partial charge in [0.05, 0.1) is 5.02 Å². The van der Waals surface area contributed by atoms with Crippen molar-refractivity contribution >= 4 is 39.2 Å². The summed E-state index contributed by atoms with van der Waals surface area (Å²) >= 11 is 7.58. The first-order valence-electron chi connectivity index (χ1n) is 5.43. The van der Waals surface area contributed by atoms with Crippen molar-refractivity contribution in [3.63, 3.8) is 0 Å². The van der Waals surface area contributed by atoms with E-state index in [1.807, 2.05) is 6.92 Å². The molecule has 1 aromatic rings. The fourth-order valence-electron chi connectivity index (χ4n) is 1.78. The largest absolute Gasteiger partial charge is 0.382 e. The fourth-order valence-corrected chi connectivity index (χ4v) is 4.83. The molecule has 0 aliphatic carbocycles. The van der Waals surface area contributed by atoms with Crippen molar-refractivity contribution < 1.29 is 8.42 Å². The highest BCUT2D eigenvalue weighted by Gasteiger charge is 2.31. The highest BCUT2D eigenvalue weighted by molar-refractivity contribution is 7.99. The van der Waals surface area contributed by atoms with E-state index >= 15 is 0 Å². The zero-order chi connectivity index (χ0) is 13.3. The summed E-state index contributed by atoms with van der Waals surface area (Å²) in [5.41, 5.74) is 5.48. The number of hydrogen-bond acceptors (Lipinski definition) is 5. The van der Waals surface area contributed by atoms with Crippen LogP contribution in [0.5, 0.6) is 0 Å². The molecule has 100 valence electrons. The highest BCUT2D eigenvalue weighted by atomic mass is 35.5. The summed E-state index contributed by atoms with van der Waals surface area (Å²) in [5, 5.41) is 0.162. The third-order valence-corrected chi connectivity index (χ3v) is 6.23. The van der Waals surface area contributed by atoms with Crippen molar-refractivity contribution in [1.29, 1.82) is 0 Å². The van der Waals surface area contributed by atoms with Crippen LogP contribution in [-0.2, 0) is 10.0 Å². The Bertz CT molecular complexity index is 550. The van der Waals surface area contributed by atoms with Gasteiger partial charge in [-0.1, -0.05) is 11.6 Å². The van der Waals surface area contributed by atoms with Gasteiger partial charge in [0.25, 0.3) is 0 Å². The van der Waals surface area contributed by atoms with Gasteiger partial charge in [-0.25, -0.2) is 13.4 Å². The first kappa shape index (κ1) is 13.9. The Labute approximate surface area is 116 Å². The lowest BCUT2D eigenvalue weighted by Gasteiger charge is -2.31. The topological polar surface area (TPSA) is 76.3 Å². The maximum Gasteiger partial charge on any atom is 0.244 e. The van der Waals surface area contributed by atoms with E-state index in [-0.39, 0.29) is 21.8 Å². The molecular weight excluding hydrogens is 294 g/mol. The second-order valence-electron chi connectivity index (χ2n) is 4.08. The van der Waals surface area contributed by atoms with E-state index in [2.05, 4.69) is 4.98 Å². The van der Waals surface area contributed by atoms with Crippen molar-refractivity contribution in [2.75, 3.05) is 23.8 Å². The van der Waals surface area contributed by atoms with Crippen LogP contribution in [0.2, 0.25) is 5.02 Å². The molecule has 0 aromatic carbocycles. The SMILES string of the molecule is CC1CSCCN1S(=O)(=O)c1cnc(N)c(Cl)c1. The number of pyridine rings is 1. The van der Waals surface area contributed by atoms with E-state index in [0.717, 1.165) is 11.5 Å². The summed E-state index contributed by atoms with van der Waals surface area (Å²) in [6, 6.07) is 1.33. The lowest BCUT2D eigenvalue weighted by molar-refractivity contribution is 0.367. The van der Waals surface area contributed by atoms with Gasteiger partial charge >= 0.3 is 0 Å². The van der Waals surface area contributed by atoms with Gasteiger partial charge in [0.1, 0.15) is 10.7 Å². The molecule has 2 rings (SSSR count). The normalized spacial score (nSPS) is 22.0. The number of nitrogens with zero attached hydrogens (tertiary/aromatic N) is 2. The monoisotopic (exact) mass is 307 g/mol. The number of anilines is 1. The molecule has 1 aliphatic heterocycles. The fraction of sp³-hybridized carbons (Fsp3) is 0.500. The second kappa shape index (κ2) is 5.24. The predicted octanol–water partition coefficient (Wildman–Crippen LogP) is 1.44. The first-order valence-corrected chi connectivity index (χ1v) is 8.41. The zero-order valence-corrected chi connectivity index (χ0v) is 12.2. The van der Waals surface area contributed by atoms with Crippen LogP contribution in [0.1, 0.15) is 6.92 Å². The van der Waals surface area contributed by atoms with Gasteiger partial charge in [-0.05, 0) is 13.0 Å². The van der Waals surface area contributed by atoms with E-state index < -0.39 is 10.0 Å². The van der Waals surface area contributed by atoms with Gasteiger partial charge in [-0.2, -0.15) is 16.1 Å². The predicted molar refractivity (Wildman–Crippen MR) is 74.3 cm³/mol. The molecule has 0 amide bonds. The number of aromatic nitrogens is 1. The van der Waals surface area contributed by atoms with E-state index in [1.165, 1.54) is 16.6 Å². The van der Waals surface area contributed by atoms with Gasteiger partial charge in [0.15, 0.2) is 0 Å². The minimum Gasteiger partial charge on any atom is -0.382 e. The number of thioether (sulfide) groups is 1. The Morgan fingerprint density at radius 2 is 2.33 bits per heavy atom. The Morgan fingerprint density at radius 1 is 1.61 bits per heavy atom. The zero-order valence-electron chi connectivity index (χ0n) is 9.84. The van der Waals surface area contributed by atoms with Crippen LogP contribution in [0.4, 0.5) is 5.82 Å². The van der Waals surface area contributed by atoms with Crippen molar-refractivity contribution in [1.82, 2.24) is 9.29 Å². The molecule has 18 heavy (non-hydrogen) atoms. The summed E-state index contributed by atoms with van der Waals surface area (Å²) in [4.78, 5) is 3.90. The van der Waals surface area contributed by atoms with Crippen molar-refractivity contribution in [3.8, 4) is 0 Å². The number of nitrogens with two attached hydrogens (primary N) is 1. The molecule has 1 aromatic heterocycles. The summed E-state index contributed by atoms with van der Waals surface area (Å²) in [6.45, 7) is 2.41. The highest BCUT2D eigenvalue weighted by Crippen LogP contribution is 2.26. The van der Waals surface area contributed by atoms with E-state index in [4.69, 9.17) is 17.3 Å². The van der Waals surface area contributed by atoms with Gasteiger partial charge < -0.3 is 5.73 Å². The van der Waals surface area contributed by atoms with Gasteiger partial charge in [-0.3, -0.25) is 0 Å².